The highest BCUT2D eigenvalue weighted by Crippen LogP contribution is 2.68. The third-order valence-corrected chi connectivity index (χ3v) is 13.5. The average Bonchev–Trinajstić information content (AvgIpc) is 3.33. The molecule has 1 aromatic carbocycles. The monoisotopic (exact) mass is 635 g/mol. The first-order chi connectivity index (χ1) is 21.7. The van der Waals surface area contributed by atoms with Crippen molar-refractivity contribution >= 4 is 12.0 Å². The lowest BCUT2D eigenvalue weighted by molar-refractivity contribution is -0.129. The van der Waals surface area contributed by atoms with Crippen molar-refractivity contribution in [1.82, 2.24) is 10.6 Å². The lowest BCUT2D eigenvalue weighted by Crippen LogP contribution is -2.57. The Labute approximate surface area is 281 Å². The zero-order valence-electron chi connectivity index (χ0n) is 30.5. The van der Waals surface area contributed by atoms with Crippen LogP contribution in [-0.4, -0.2) is 29.7 Å². The number of amides is 2. The van der Waals surface area contributed by atoms with Gasteiger partial charge in [-0.1, -0.05) is 84.2 Å². The van der Waals surface area contributed by atoms with Crippen LogP contribution in [0.25, 0.3) is 0 Å². The number of hydrogen-bond acceptors (Lipinski definition) is 3. The maximum absolute atomic E-state index is 13.7. The second-order valence-corrected chi connectivity index (χ2v) is 18.1. The van der Waals surface area contributed by atoms with E-state index in [0.717, 1.165) is 53.9 Å². The first kappa shape index (κ1) is 35.3. The summed E-state index contributed by atoms with van der Waals surface area (Å²) in [5.41, 5.74) is 1.31. The first-order valence-electron chi connectivity index (χ1n) is 19.0. The number of hydrogen-bond donors (Lipinski definition) is 2. The molecule has 0 heterocycles. The van der Waals surface area contributed by atoms with Crippen LogP contribution in [0.15, 0.2) is 30.3 Å². The Hall–Kier alpha value is -2.04. The molecule has 4 fully saturated rings. The molecule has 10 atom stereocenters. The molecule has 1 unspecified atom stereocenters. The molecule has 4 aliphatic carbocycles. The summed E-state index contributed by atoms with van der Waals surface area (Å²) < 4.78 is 5.53. The van der Waals surface area contributed by atoms with Gasteiger partial charge in [0.2, 0.25) is 5.91 Å². The van der Waals surface area contributed by atoms with Crippen LogP contribution in [0.4, 0.5) is 4.79 Å². The average molecular weight is 635 g/mol. The summed E-state index contributed by atoms with van der Waals surface area (Å²) in [6.45, 7) is 18.2. The van der Waals surface area contributed by atoms with Gasteiger partial charge in [0.05, 0.1) is 0 Å². The highest BCUT2D eigenvalue weighted by molar-refractivity contribution is 5.86. The third kappa shape index (κ3) is 7.81. The topological polar surface area (TPSA) is 67.4 Å². The quantitative estimate of drug-likeness (QED) is 0.269. The molecule has 2 amide bonds. The van der Waals surface area contributed by atoms with E-state index >= 15 is 0 Å². The number of nitrogens with one attached hydrogen (secondary N) is 2. The van der Waals surface area contributed by atoms with Crippen LogP contribution in [0, 0.1) is 52.3 Å². The molecule has 0 radical (unpaired) electrons. The Morgan fingerprint density at radius 2 is 1.59 bits per heavy atom. The molecular weight excluding hydrogens is 568 g/mol. The van der Waals surface area contributed by atoms with Crippen molar-refractivity contribution in [3.05, 3.63) is 35.9 Å². The van der Waals surface area contributed by atoms with Crippen LogP contribution in [0.3, 0.4) is 0 Å². The number of rotatable bonds is 10. The number of carbonyl (C=O) groups excluding carboxylic acids is 2. The fraction of sp³-hybridized carbons (Fsp3) is 0.805. The van der Waals surface area contributed by atoms with E-state index in [-0.39, 0.29) is 11.9 Å². The van der Waals surface area contributed by atoms with Gasteiger partial charge in [-0.25, -0.2) is 4.79 Å². The van der Waals surface area contributed by atoms with Crippen molar-refractivity contribution in [2.75, 3.05) is 0 Å². The van der Waals surface area contributed by atoms with Crippen LogP contribution in [0.2, 0.25) is 0 Å². The van der Waals surface area contributed by atoms with Gasteiger partial charge in [0.1, 0.15) is 11.6 Å². The lowest BCUT2D eigenvalue weighted by Gasteiger charge is -2.61. The van der Waals surface area contributed by atoms with Gasteiger partial charge < -0.3 is 15.4 Å². The summed E-state index contributed by atoms with van der Waals surface area (Å²) in [4.78, 5) is 26.5. The maximum atomic E-state index is 13.7. The van der Waals surface area contributed by atoms with Gasteiger partial charge in [-0.2, -0.15) is 0 Å². The summed E-state index contributed by atoms with van der Waals surface area (Å²) in [5, 5.41) is 6.30. The highest BCUT2D eigenvalue weighted by atomic mass is 16.6. The molecular formula is C41H66N2O3. The zero-order chi connectivity index (χ0) is 33.3. The molecule has 0 aliphatic heterocycles. The molecule has 4 aliphatic rings. The predicted octanol–water partition coefficient (Wildman–Crippen LogP) is 9.73. The Morgan fingerprint density at radius 3 is 2.28 bits per heavy atom. The fourth-order valence-corrected chi connectivity index (χ4v) is 11.2. The van der Waals surface area contributed by atoms with Crippen LogP contribution in [0.5, 0.6) is 0 Å². The molecule has 0 aromatic heterocycles. The zero-order valence-corrected chi connectivity index (χ0v) is 30.5. The van der Waals surface area contributed by atoms with E-state index in [0.29, 0.717) is 23.2 Å². The summed E-state index contributed by atoms with van der Waals surface area (Å²) >= 11 is 0. The molecule has 2 N–H and O–H groups in total. The molecule has 5 nitrogen and oxygen atoms in total. The van der Waals surface area contributed by atoms with E-state index < -0.39 is 17.7 Å². The summed E-state index contributed by atoms with van der Waals surface area (Å²) in [7, 11) is 0. The minimum absolute atomic E-state index is 0.0926. The van der Waals surface area contributed by atoms with Gasteiger partial charge in [-0.05, 0) is 136 Å². The number of ether oxygens (including phenoxy) is 1. The maximum Gasteiger partial charge on any atom is 0.408 e. The van der Waals surface area contributed by atoms with Crippen LogP contribution in [0.1, 0.15) is 138 Å². The first-order valence-corrected chi connectivity index (χ1v) is 19.0. The smallest absolute Gasteiger partial charge is 0.408 e. The SMILES string of the molecule is CC(C)CCC[C@@H](C)[C@H]1CC[C@H]2[C@@H]3CCC4C[C@H](NC(=O)[C@H](Cc5ccccc5)NC(=O)OC(C)(C)C)CC[C@]4(C)[C@H]3CC[C@]12C. The standard InChI is InChI=1S/C41H66N2O3/c1-27(2)13-12-14-28(3)33-19-20-34-32-18-17-30-26-31(21-23-40(30,7)35(32)22-24-41(33,34)8)42-37(44)36(25-29-15-10-9-11-16-29)43-38(45)46-39(4,5)6/h9-11,15-16,27-28,30-36H,12-14,17-26H2,1-8H3,(H,42,44)(H,43,45)/t28-,30?,31-,32+,33-,34+,35+,36+,40+,41-/m1/s1. The molecule has 0 bridgehead atoms. The van der Waals surface area contributed by atoms with Crippen molar-refractivity contribution in [1.29, 1.82) is 0 Å². The Balaban J connectivity index is 1.21. The van der Waals surface area contributed by atoms with Gasteiger partial charge >= 0.3 is 6.09 Å². The summed E-state index contributed by atoms with van der Waals surface area (Å²) in [6, 6.07) is 9.45. The van der Waals surface area contributed by atoms with E-state index in [2.05, 4.69) is 45.3 Å². The van der Waals surface area contributed by atoms with Crippen molar-refractivity contribution in [2.24, 2.45) is 52.3 Å². The fourth-order valence-electron chi connectivity index (χ4n) is 11.2. The molecule has 46 heavy (non-hydrogen) atoms. The number of alkyl carbamates (subject to hydrolysis) is 1. The van der Waals surface area contributed by atoms with E-state index in [9.17, 15) is 9.59 Å². The highest BCUT2D eigenvalue weighted by Gasteiger charge is 2.60. The summed E-state index contributed by atoms with van der Waals surface area (Å²) in [5.74, 6) is 5.76. The number of fused-ring (bicyclic) bond motifs is 5. The van der Waals surface area contributed by atoms with E-state index in [1.807, 2.05) is 51.1 Å². The Morgan fingerprint density at radius 1 is 0.891 bits per heavy atom. The normalized spacial score (nSPS) is 35.3. The van der Waals surface area contributed by atoms with Gasteiger partial charge in [-0.15, -0.1) is 0 Å². The second-order valence-electron chi connectivity index (χ2n) is 18.1. The third-order valence-electron chi connectivity index (χ3n) is 13.5. The molecule has 4 saturated carbocycles. The van der Waals surface area contributed by atoms with E-state index in [1.54, 1.807) is 0 Å². The van der Waals surface area contributed by atoms with Gasteiger partial charge in [0.15, 0.2) is 0 Å². The van der Waals surface area contributed by atoms with Crippen molar-refractivity contribution in [2.45, 2.75) is 157 Å². The minimum atomic E-state index is -0.666. The molecule has 5 heteroatoms. The van der Waals surface area contributed by atoms with Crippen LogP contribution < -0.4 is 10.6 Å². The van der Waals surface area contributed by atoms with Crippen molar-refractivity contribution in [3.8, 4) is 0 Å². The predicted molar refractivity (Wildman–Crippen MR) is 188 cm³/mol. The van der Waals surface area contributed by atoms with Crippen LogP contribution >= 0.6 is 0 Å². The number of carbonyl (C=O) groups is 2. The van der Waals surface area contributed by atoms with E-state index in [4.69, 9.17) is 4.74 Å². The Bertz CT molecular complexity index is 1180. The largest absolute Gasteiger partial charge is 0.444 e. The molecule has 0 saturated heterocycles. The lowest BCUT2D eigenvalue weighted by atomic mass is 9.44. The van der Waals surface area contributed by atoms with Gasteiger partial charge in [-0.3, -0.25) is 4.79 Å². The molecule has 0 spiro atoms. The van der Waals surface area contributed by atoms with Crippen molar-refractivity contribution < 1.29 is 14.3 Å². The molecule has 1 aromatic rings. The molecule has 258 valence electrons. The molecule has 5 rings (SSSR count). The minimum Gasteiger partial charge on any atom is -0.444 e. The van der Waals surface area contributed by atoms with Crippen LogP contribution in [-0.2, 0) is 16.0 Å². The second kappa shape index (κ2) is 14.2. The van der Waals surface area contributed by atoms with Gasteiger partial charge in [0, 0.05) is 12.5 Å². The van der Waals surface area contributed by atoms with Gasteiger partial charge in [0.25, 0.3) is 0 Å². The Kier molecular flexibility index (Phi) is 10.9. The van der Waals surface area contributed by atoms with Crippen molar-refractivity contribution in [3.63, 3.8) is 0 Å². The van der Waals surface area contributed by atoms with E-state index in [1.165, 1.54) is 64.2 Å². The number of benzene rings is 1. The summed E-state index contributed by atoms with van der Waals surface area (Å²) in [6.07, 6.45) is 15.8.